The summed E-state index contributed by atoms with van der Waals surface area (Å²) in [6, 6.07) is 1.80. The molecule has 0 unspecified atom stereocenters. The van der Waals surface area contributed by atoms with Crippen molar-refractivity contribution >= 4 is 11.6 Å². The van der Waals surface area contributed by atoms with Gasteiger partial charge in [0, 0.05) is 18.1 Å². The van der Waals surface area contributed by atoms with Crippen LogP contribution in [0.15, 0.2) is 18.5 Å². The number of aromatic nitrogens is 1. The second kappa shape index (κ2) is 4.84. The molecule has 1 aliphatic carbocycles. The van der Waals surface area contributed by atoms with Crippen LogP contribution in [0.25, 0.3) is 0 Å². The molecule has 1 aromatic heterocycles. The molecule has 17 heavy (non-hydrogen) atoms. The monoisotopic (exact) mass is 233 g/mol. The summed E-state index contributed by atoms with van der Waals surface area (Å²) in [6.07, 6.45) is 8.23. The molecule has 0 aromatic carbocycles. The number of nitrogens with zero attached hydrogens (tertiary/aromatic N) is 1. The van der Waals surface area contributed by atoms with E-state index in [1.807, 2.05) is 6.92 Å². The first-order valence-electron chi connectivity index (χ1n) is 6.13. The van der Waals surface area contributed by atoms with Gasteiger partial charge in [-0.1, -0.05) is 19.3 Å². The Labute approximate surface area is 102 Å². The Balaban J connectivity index is 2.08. The molecule has 0 radical (unpaired) electrons. The first-order valence-corrected chi connectivity index (χ1v) is 6.13. The van der Waals surface area contributed by atoms with Crippen molar-refractivity contribution in [3.63, 3.8) is 0 Å². The number of hydrogen-bond acceptors (Lipinski definition) is 3. The largest absolute Gasteiger partial charge is 0.324 e. The third kappa shape index (κ3) is 2.64. The van der Waals surface area contributed by atoms with Crippen molar-refractivity contribution in [1.82, 2.24) is 4.98 Å². The topological polar surface area (TPSA) is 68.0 Å². The van der Waals surface area contributed by atoms with Crippen LogP contribution in [0.3, 0.4) is 0 Å². The highest BCUT2D eigenvalue weighted by atomic mass is 16.2. The third-order valence-corrected chi connectivity index (χ3v) is 3.47. The molecule has 1 aliphatic rings. The number of aryl methyl sites for hydroxylation is 1. The summed E-state index contributed by atoms with van der Waals surface area (Å²) in [5, 5.41) is 2.92. The van der Waals surface area contributed by atoms with Crippen molar-refractivity contribution < 1.29 is 4.79 Å². The molecule has 2 rings (SSSR count). The van der Waals surface area contributed by atoms with Crippen molar-refractivity contribution in [3.8, 4) is 0 Å². The molecule has 1 amide bonds. The Hall–Kier alpha value is -1.42. The van der Waals surface area contributed by atoms with E-state index in [1.165, 1.54) is 6.42 Å². The zero-order chi connectivity index (χ0) is 12.3. The van der Waals surface area contributed by atoms with Gasteiger partial charge in [-0.05, 0) is 31.4 Å². The highest BCUT2D eigenvalue weighted by Crippen LogP contribution is 2.27. The lowest BCUT2D eigenvalue weighted by Crippen LogP contribution is -2.52. The van der Waals surface area contributed by atoms with Crippen molar-refractivity contribution in [2.75, 3.05) is 5.32 Å². The predicted molar refractivity (Wildman–Crippen MR) is 67.6 cm³/mol. The third-order valence-electron chi connectivity index (χ3n) is 3.47. The number of nitrogens with one attached hydrogen (secondary N) is 1. The van der Waals surface area contributed by atoms with Gasteiger partial charge in [0.2, 0.25) is 5.91 Å². The van der Waals surface area contributed by atoms with Crippen molar-refractivity contribution in [3.05, 3.63) is 24.0 Å². The second-order valence-electron chi connectivity index (χ2n) is 4.86. The van der Waals surface area contributed by atoms with Gasteiger partial charge in [0.15, 0.2) is 0 Å². The standard InChI is InChI=1S/C13H19N3O/c1-10-9-15-8-5-11(10)16-12(17)13(14)6-3-2-4-7-13/h5,8-9H,2-4,6-7,14H2,1H3,(H,15,16,17). The van der Waals surface area contributed by atoms with Crippen molar-refractivity contribution in [2.45, 2.75) is 44.6 Å². The number of pyridine rings is 1. The molecule has 0 spiro atoms. The van der Waals surface area contributed by atoms with Crippen LogP contribution in [0.4, 0.5) is 5.69 Å². The Morgan fingerprint density at radius 3 is 2.76 bits per heavy atom. The van der Waals surface area contributed by atoms with Gasteiger partial charge in [-0.2, -0.15) is 0 Å². The first-order chi connectivity index (χ1) is 8.12. The number of hydrogen-bond donors (Lipinski definition) is 2. The summed E-state index contributed by atoms with van der Waals surface area (Å²) in [6.45, 7) is 1.92. The Bertz CT molecular complexity index is 411. The van der Waals surface area contributed by atoms with Crippen molar-refractivity contribution in [2.24, 2.45) is 5.73 Å². The highest BCUT2D eigenvalue weighted by molar-refractivity contribution is 5.98. The van der Waals surface area contributed by atoms with E-state index < -0.39 is 5.54 Å². The number of amides is 1. The van der Waals surface area contributed by atoms with Gasteiger partial charge >= 0.3 is 0 Å². The van der Waals surface area contributed by atoms with Gasteiger partial charge in [0.05, 0.1) is 5.54 Å². The van der Waals surface area contributed by atoms with Crippen LogP contribution < -0.4 is 11.1 Å². The minimum absolute atomic E-state index is 0.0634. The lowest BCUT2D eigenvalue weighted by atomic mass is 9.82. The molecule has 1 fully saturated rings. The maximum atomic E-state index is 12.2. The summed E-state index contributed by atoms with van der Waals surface area (Å²) in [5.74, 6) is -0.0634. The van der Waals surface area contributed by atoms with Crippen LogP contribution in [0, 0.1) is 6.92 Å². The molecule has 1 aromatic rings. The van der Waals surface area contributed by atoms with Gasteiger partial charge in [-0.3, -0.25) is 9.78 Å². The average Bonchev–Trinajstić information content (AvgIpc) is 2.33. The predicted octanol–water partition coefficient (Wildman–Crippen LogP) is 1.99. The lowest BCUT2D eigenvalue weighted by molar-refractivity contribution is -0.122. The van der Waals surface area contributed by atoms with E-state index in [0.717, 1.165) is 36.9 Å². The number of anilines is 1. The summed E-state index contributed by atoms with van der Waals surface area (Å²) in [5.41, 5.74) is 7.25. The minimum atomic E-state index is -0.687. The van der Waals surface area contributed by atoms with Crippen LogP contribution in [0.1, 0.15) is 37.7 Å². The van der Waals surface area contributed by atoms with E-state index in [1.54, 1.807) is 18.5 Å². The molecule has 92 valence electrons. The summed E-state index contributed by atoms with van der Waals surface area (Å²) >= 11 is 0. The van der Waals surface area contributed by atoms with Crippen LogP contribution >= 0.6 is 0 Å². The smallest absolute Gasteiger partial charge is 0.244 e. The van der Waals surface area contributed by atoms with Crippen LogP contribution in [-0.2, 0) is 4.79 Å². The molecule has 0 aliphatic heterocycles. The Kier molecular flexibility index (Phi) is 3.43. The fourth-order valence-corrected chi connectivity index (χ4v) is 2.27. The second-order valence-corrected chi connectivity index (χ2v) is 4.86. The normalized spacial score (nSPS) is 18.7. The Morgan fingerprint density at radius 1 is 1.41 bits per heavy atom. The van der Waals surface area contributed by atoms with Crippen LogP contribution in [-0.4, -0.2) is 16.4 Å². The molecule has 0 atom stereocenters. The van der Waals surface area contributed by atoms with Crippen LogP contribution in [0.5, 0.6) is 0 Å². The molecule has 4 nitrogen and oxygen atoms in total. The summed E-state index contributed by atoms with van der Waals surface area (Å²) in [7, 11) is 0. The molecular formula is C13H19N3O. The molecule has 3 N–H and O–H groups in total. The van der Waals surface area contributed by atoms with Crippen LogP contribution in [0.2, 0.25) is 0 Å². The molecule has 1 heterocycles. The maximum absolute atomic E-state index is 12.2. The average molecular weight is 233 g/mol. The minimum Gasteiger partial charge on any atom is -0.324 e. The van der Waals surface area contributed by atoms with Gasteiger partial charge in [0.25, 0.3) is 0 Å². The lowest BCUT2D eigenvalue weighted by Gasteiger charge is -2.31. The van der Waals surface area contributed by atoms with E-state index in [4.69, 9.17) is 5.73 Å². The zero-order valence-electron chi connectivity index (χ0n) is 10.2. The van der Waals surface area contributed by atoms with E-state index in [9.17, 15) is 4.79 Å². The number of carbonyl (C=O) groups is 1. The molecule has 0 bridgehead atoms. The van der Waals surface area contributed by atoms with E-state index in [-0.39, 0.29) is 5.91 Å². The summed E-state index contributed by atoms with van der Waals surface area (Å²) in [4.78, 5) is 16.2. The number of carbonyl (C=O) groups excluding carboxylic acids is 1. The van der Waals surface area contributed by atoms with E-state index in [2.05, 4.69) is 10.3 Å². The number of nitrogens with two attached hydrogens (primary N) is 1. The quantitative estimate of drug-likeness (QED) is 0.820. The maximum Gasteiger partial charge on any atom is 0.244 e. The van der Waals surface area contributed by atoms with Crippen molar-refractivity contribution in [1.29, 1.82) is 0 Å². The van der Waals surface area contributed by atoms with Gasteiger partial charge in [-0.15, -0.1) is 0 Å². The van der Waals surface area contributed by atoms with Gasteiger partial charge < -0.3 is 11.1 Å². The fraction of sp³-hybridized carbons (Fsp3) is 0.538. The van der Waals surface area contributed by atoms with Gasteiger partial charge in [-0.25, -0.2) is 0 Å². The van der Waals surface area contributed by atoms with E-state index >= 15 is 0 Å². The zero-order valence-corrected chi connectivity index (χ0v) is 10.2. The van der Waals surface area contributed by atoms with Gasteiger partial charge in [0.1, 0.15) is 0 Å². The Morgan fingerprint density at radius 2 is 2.12 bits per heavy atom. The highest BCUT2D eigenvalue weighted by Gasteiger charge is 2.35. The first kappa shape index (κ1) is 12.0. The molecule has 4 heteroatoms. The van der Waals surface area contributed by atoms with E-state index in [0.29, 0.717) is 0 Å². The number of rotatable bonds is 2. The SMILES string of the molecule is Cc1cnccc1NC(=O)C1(N)CCCCC1. The molecular weight excluding hydrogens is 214 g/mol. The molecule has 0 saturated heterocycles. The summed E-state index contributed by atoms with van der Waals surface area (Å²) < 4.78 is 0. The molecule has 1 saturated carbocycles. The fourth-order valence-electron chi connectivity index (χ4n) is 2.27.